The summed E-state index contributed by atoms with van der Waals surface area (Å²) in [6.07, 6.45) is 0.512. The Hall–Kier alpha value is -3.01. The quantitative estimate of drug-likeness (QED) is 0.724. The maximum Gasteiger partial charge on any atom is 0.451 e. The van der Waals surface area contributed by atoms with E-state index in [1.165, 1.54) is 12.1 Å². The second kappa shape index (κ2) is 8.79. The Morgan fingerprint density at radius 1 is 1.29 bits per heavy atom. The van der Waals surface area contributed by atoms with E-state index < -0.39 is 18.1 Å². The Morgan fingerprint density at radius 2 is 2.14 bits per heavy atom. The lowest BCUT2D eigenvalue weighted by atomic mass is 10.2. The first-order valence-corrected chi connectivity index (χ1v) is 8.44. The lowest BCUT2D eigenvalue weighted by Crippen LogP contribution is -2.47. The van der Waals surface area contributed by atoms with Gasteiger partial charge in [-0.15, -0.1) is 0 Å². The van der Waals surface area contributed by atoms with E-state index in [0.717, 1.165) is 6.20 Å². The number of carbonyl (C=O) groups excluding carboxylic acids is 1. The van der Waals surface area contributed by atoms with Crippen molar-refractivity contribution in [1.29, 1.82) is 0 Å². The fraction of sp³-hybridized carbons (Fsp3) is 0.333. The van der Waals surface area contributed by atoms with Crippen LogP contribution >= 0.6 is 0 Å². The van der Waals surface area contributed by atoms with Gasteiger partial charge in [0.2, 0.25) is 17.6 Å². The Balaban J connectivity index is 1.54. The first-order valence-electron chi connectivity index (χ1n) is 8.44. The lowest BCUT2D eigenvalue weighted by Gasteiger charge is -2.32. The number of carbonyl (C=O) groups is 1. The average molecular weight is 394 g/mol. The van der Waals surface area contributed by atoms with Gasteiger partial charge in [-0.25, -0.2) is 4.98 Å². The maximum atomic E-state index is 12.6. The first-order chi connectivity index (χ1) is 13.4. The van der Waals surface area contributed by atoms with Crippen molar-refractivity contribution in [3.63, 3.8) is 0 Å². The molecule has 1 aliphatic rings. The molecule has 2 aromatic rings. The molecule has 28 heavy (non-hydrogen) atoms. The Bertz CT molecular complexity index is 830. The van der Waals surface area contributed by atoms with Crippen LogP contribution in [0.25, 0.3) is 6.08 Å². The van der Waals surface area contributed by atoms with Crippen LogP contribution in [0.4, 0.5) is 13.2 Å². The van der Waals surface area contributed by atoms with Crippen molar-refractivity contribution in [1.82, 2.24) is 19.9 Å². The fourth-order valence-electron chi connectivity index (χ4n) is 2.49. The van der Waals surface area contributed by atoms with Gasteiger partial charge in [0, 0.05) is 31.1 Å². The van der Waals surface area contributed by atoms with E-state index >= 15 is 0 Å². The van der Waals surface area contributed by atoms with Gasteiger partial charge in [-0.05, 0) is 18.2 Å². The molecule has 3 rings (SSSR count). The summed E-state index contributed by atoms with van der Waals surface area (Å²) in [6, 6.07) is 6.60. The molecule has 148 valence electrons. The van der Waals surface area contributed by atoms with Gasteiger partial charge in [0.25, 0.3) is 0 Å². The molecule has 1 saturated heterocycles. The zero-order valence-electron chi connectivity index (χ0n) is 14.7. The van der Waals surface area contributed by atoms with Gasteiger partial charge < -0.3 is 14.4 Å². The molecule has 3 heterocycles. The largest absolute Gasteiger partial charge is 0.475 e. The number of rotatable bonds is 5. The van der Waals surface area contributed by atoms with Crippen LogP contribution in [0.15, 0.2) is 42.7 Å². The molecule has 1 aliphatic heterocycles. The molecule has 0 bridgehead atoms. The normalized spacial score (nSPS) is 17.7. The molecule has 1 unspecified atom stereocenters. The summed E-state index contributed by atoms with van der Waals surface area (Å²) in [4.78, 5) is 24.5. The van der Waals surface area contributed by atoms with Crippen molar-refractivity contribution in [3.8, 4) is 5.88 Å². The zero-order valence-corrected chi connectivity index (χ0v) is 14.7. The monoisotopic (exact) mass is 394 g/mol. The van der Waals surface area contributed by atoms with Gasteiger partial charge in [-0.1, -0.05) is 6.07 Å². The number of alkyl halides is 3. The molecule has 1 atom stereocenters. The number of ether oxygens (including phenoxy) is 2. The highest BCUT2D eigenvalue weighted by molar-refractivity contribution is 5.91. The van der Waals surface area contributed by atoms with E-state index in [0.29, 0.717) is 18.8 Å². The van der Waals surface area contributed by atoms with E-state index in [4.69, 9.17) is 9.47 Å². The number of halogens is 3. The molecular formula is C18H17F3N4O3. The van der Waals surface area contributed by atoms with E-state index in [1.54, 1.807) is 29.3 Å². The third-order valence-corrected chi connectivity index (χ3v) is 3.84. The summed E-state index contributed by atoms with van der Waals surface area (Å²) >= 11 is 0. The molecule has 7 nitrogen and oxygen atoms in total. The number of hydrogen-bond acceptors (Lipinski definition) is 6. The van der Waals surface area contributed by atoms with Crippen molar-refractivity contribution in [3.05, 3.63) is 54.3 Å². The van der Waals surface area contributed by atoms with Crippen LogP contribution in [0.2, 0.25) is 0 Å². The number of amides is 1. The lowest BCUT2D eigenvalue weighted by molar-refractivity contribution is -0.145. The fourth-order valence-corrected chi connectivity index (χ4v) is 2.49. The Morgan fingerprint density at radius 3 is 2.89 bits per heavy atom. The van der Waals surface area contributed by atoms with Crippen LogP contribution in [-0.2, 0) is 15.7 Å². The standard InChI is InChI=1S/C18H17F3N4O3/c19-18(20,21)17-23-8-6-15(24-17)28-12-14-11-25(9-10-27-14)16(26)5-4-13-3-1-2-7-22-13/h1-8,14H,9-12H2/b5-4+. The number of morpholine rings is 1. The third-order valence-electron chi connectivity index (χ3n) is 3.84. The van der Waals surface area contributed by atoms with Crippen LogP contribution in [0.5, 0.6) is 5.88 Å². The smallest absolute Gasteiger partial charge is 0.451 e. The molecule has 0 aromatic carbocycles. The van der Waals surface area contributed by atoms with Gasteiger partial charge in [-0.3, -0.25) is 9.78 Å². The second-order valence-electron chi connectivity index (χ2n) is 5.89. The topological polar surface area (TPSA) is 77.4 Å². The summed E-state index contributed by atoms with van der Waals surface area (Å²) in [6.45, 7) is 0.924. The minimum atomic E-state index is -4.65. The molecule has 0 radical (unpaired) electrons. The van der Waals surface area contributed by atoms with Crippen LogP contribution < -0.4 is 4.74 Å². The van der Waals surface area contributed by atoms with Gasteiger partial charge in [0.05, 0.1) is 18.8 Å². The molecule has 0 saturated carbocycles. The maximum absolute atomic E-state index is 12.6. The summed E-state index contributed by atoms with van der Waals surface area (Å²) in [7, 11) is 0. The highest BCUT2D eigenvalue weighted by atomic mass is 19.4. The molecule has 0 spiro atoms. The van der Waals surface area contributed by atoms with E-state index in [9.17, 15) is 18.0 Å². The molecular weight excluding hydrogens is 377 g/mol. The summed E-state index contributed by atoms with van der Waals surface area (Å²) in [5.74, 6) is -1.68. The number of hydrogen-bond donors (Lipinski definition) is 0. The zero-order chi connectivity index (χ0) is 20.0. The van der Waals surface area contributed by atoms with E-state index in [2.05, 4.69) is 15.0 Å². The molecule has 0 aliphatic carbocycles. The summed E-state index contributed by atoms with van der Waals surface area (Å²) in [5, 5.41) is 0. The van der Waals surface area contributed by atoms with Gasteiger partial charge in [0.15, 0.2) is 0 Å². The highest BCUT2D eigenvalue weighted by Gasteiger charge is 2.35. The SMILES string of the molecule is O=C(/C=C/c1ccccn1)N1CCOC(COc2ccnc(C(F)(F)F)n2)C1. The molecule has 0 N–H and O–H groups in total. The molecule has 1 fully saturated rings. The predicted molar refractivity (Wildman–Crippen MR) is 92.1 cm³/mol. The Labute approximate surface area is 158 Å². The third kappa shape index (κ3) is 5.49. The first kappa shape index (κ1) is 19.7. The van der Waals surface area contributed by atoms with Crippen molar-refractivity contribution < 1.29 is 27.4 Å². The van der Waals surface area contributed by atoms with E-state index in [-0.39, 0.29) is 24.9 Å². The highest BCUT2D eigenvalue weighted by Crippen LogP contribution is 2.26. The summed E-state index contributed by atoms with van der Waals surface area (Å²) in [5.41, 5.74) is 0.660. The molecule has 10 heteroatoms. The summed E-state index contributed by atoms with van der Waals surface area (Å²) < 4.78 is 48.7. The molecule has 2 aromatic heterocycles. The van der Waals surface area contributed by atoms with Crippen molar-refractivity contribution in [2.24, 2.45) is 0 Å². The second-order valence-corrected chi connectivity index (χ2v) is 5.89. The molecule has 1 amide bonds. The van der Waals surface area contributed by atoms with Crippen molar-refractivity contribution in [2.75, 3.05) is 26.3 Å². The van der Waals surface area contributed by atoms with Gasteiger partial charge >= 0.3 is 6.18 Å². The minimum absolute atomic E-state index is 0.0396. The van der Waals surface area contributed by atoms with Gasteiger partial charge in [-0.2, -0.15) is 18.2 Å². The predicted octanol–water partition coefficient (Wildman–Crippen LogP) is 2.21. The van der Waals surface area contributed by atoms with Crippen LogP contribution in [0.1, 0.15) is 11.5 Å². The Kier molecular flexibility index (Phi) is 6.19. The van der Waals surface area contributed by atoms with Crippen LogP contribution in [0, 0.1) is 0 Å². The van der Waals surface area contributed by atoms with Crippen LogP contribution in [0.3, 0.4) is 0 Å². The van der Waals surface area contributed by atoms with Gasteiger partial charge in [0.1, 0.15) is 12.7 Å². The number of pyridine rings is 1. The van der Waals surface area contributed by atoms with Crippen molar-refractivity contribution >= 4 is 12.0 Å². The van der Waals surface area contributed by atoms with E-state index in [1.807, 2.05) is 6.07 Å². The average Bonchev–Trinajstić information content (AvgIpc) is 2.71. The number of aromatic nitrogens is 3. The van der Waals surface area contributed by atoms with Crippen LogP contribution in [-0.4, -0.2) is 58.2 Å². The van der Waals surface area contributed by atoms with Crippen molar-refractivity contribution in [2.45, 2.75) is 12.3 Å². The minimum Gasteiger partial charge on any atom is -0.475 e. The number of nitrogens with zero attached hydrogens (tertiary/aromatic N) is 4.